The molecule has 1 saturated carbocycles. The predicted molar refractivity (Wildman–Crippen MR) is 52.1 cm³/mol. The van der Waals surface area contributed by atoms with Gasteiger partial charge in [0.15, 0.2) is 0 Å². The topological polar surface area (TPSA) is 3.24 Å². The second-order valence-corrected chi connectivity index (χ2v) is 4.52. The molecule has 0 aromatic rings. The average Bonchev–Trinajstić information content (AvgIpc) is 2.50. The molecule has 12 heavy (non-hydrogen) atoms. The molecule has 1 heteroatoms. The van der Waals surface area contributed by atoms with Crippen LogP contribution in [0, 0.1) is 11.3 Å². The first-order valence-electron chi connectivity index (χ1n) is 5.10. The van der Waals surface area contributed by atoms with Gasteiger partial charge in [-0.05, 0) is 37.6 Å². The van der Waals surface area contributed by atoms with Crippen LogP contribution in [0.4, 0.5) is 0 Å². The molecular weight excluding hydrogens is 146 g/mol. The molecule has 1 heterocycles. The Morgan fingerprint density at radius 3 is 2.83 bits per heavy atom. The van der Waals surface area contributed by atoms with Gasteiger partial charge >= 0.3 is 0 Å². The monoisotopic (exact) mass is 165 g/mol. The van der Waals surface area contributed by atoms with Crippen LogP contribution in [0.1, 0.15) is 26.7 Å². The van der Waals surface area contributed by atoms with Gasteiger partial charge in [-0.25, -0.2) is 0 Å². The minimum Gasteiger partial charge on any atom is -0.299 e. The highest BCUT2D eigenvalue weighted by Gasteiger charge is 2.54. The molecule has 0 N–H and O–H groups in total. The Kier molecular flexibility index (Phi) is 1.99. The van der Waals surface area contributed by atoms with Gasteiger partial charge in [0.1, 0.15) is 0 Å². The Hall–Kier alpha value is -0.300. The van der Waals surface area contributed by atoms with E-state index in [0.717, 1.165) is 11.3 Å². The fraction of sp³-hybridized carbons (Fsp3) is 0.818. The van der Waals surface area contributed by atoms with Gasteiger partial charge in [-0.1, -0.05) is 19.1 Å². The molecule has 0 aromatic heterocycles. The number of hydrogen-bond donors (Lipinski definition) is 0. The van der Waals surface area contributed by atoms with Gasteiger partial charge in [-0.15, -0.1) is 0 Å². The molecule has 1 spiro atoms. The lowest BCUT2D eigenvalue weighted by Gasteiger charge is -2.12. The van der Waals surface area contributed by atoms with E-state index >= 15 is 0 Å². The highest BCUT2D eigenvalue weighted by molar-refractivity contribution is 5.06. The van der Waals surface area contributed by atoms with Crippen molar-refractivity contribution in [1.29, 1.82) is 0 Å². The molecule has 0 amide bonds. The van der Waals surface area contributed by atoms with E-state index < -0.39 is 0 Å². The Labute approximate surface area is 75.4 Å². The molecule has 1 nitrogen and oxygen atoms in total. The Bertz CT molecular complexity index is 197. The Morgan fingerprint density at radius 2 is 2.33 bits per heavy atom. The van der Waals surface area contributed by atoms with Crippen molar-refractivity contribution >= 4 is 0 Å². The molecule has 2 aliphatic rings. The lowest BCUT2D eigenvalue weighted by molar-refractivity contribution is 0.347. The second-order valence-electron chi connectivity index (χ2n) is 4.52. The summed E-state index contributed by atoms with van der Waals surface area (Å²) >= 11 is 0. The van der Waals surface area contributed by atoms with Crippen LogP contribution in [0.2, 0.25) is 0 Å². The molecule has 68 valence electrons. The molecule has 0 radical (unpaired) electrons. The van der Waals surface area contributed by atoms with E-state index in [-0.39, 0.29) is 0 Å². The molecule has 1 aliphatic carbocycles. The summed E-state index contributed by atoms with van der Waals surface area (Å²) in [6.45, 7) is 8.36. The minimum atomic E-state index is 0.765. The summed E-state index contributed by atoms with van der Waals surface area (Å²) in [5.74, 6) is 1.01. The third-order valence-corrected chi connectivity index (χ3v) is 3.66. The fourth-order valence-electron chi connectivity index (χ4n) is 2.51. The highest BCUT2D eigenvalue weighted by Crippen LogP contribution is 2.57. The van der Waals surface area contributed by atoms with E-state index in [4.69, 9.17) is 0 Å². The summed E-state index contributed by atoms with van der Waals surface area (Å²) in [6.07, 6.45) is 7.36. The van der Waals surface area contributed by atoms with Crippen molar-refractivity contribution in [2.75, 3.05) is 19.6 Å². The standard InChI is InChI=1S/C11H19N/c1-3-4-6-12-7-5-11(9-12)8-10(11)2/h3-4,10H,5-9H2,1-2H3. The quantitative estimate of drug-likeness (QED) is 0.567. The molecule has 2 rings (SSSR count). The van der Waals surface area contributed by atoms with Crippen LogP contribution in [0.25, 0.3) is 0 Å². The van der Waals surface area contributed by atoms with Gasteiger partial charge in [0.2, 0.25) is 0 Å². The molecule has 0 bridgehead atoms. The molecule has 1 saturated heterocycles. The first kappa shape index (κ1) is 8.31. The van der Waals surface area contributed by atoms with Gasteiger partial charge < -0.3 is 0 Å². The summed E-state index contributed by atoms with van der Waals surface area (Å²) in [6, 6.07) is 0. The van der Waals surface area contributed by atoms with Gasteiger partial charge in [0.05, 0.1) is 0 Å². The van der Waals surface area contributed by atoms with Crippen LogP contribution in [-0.4, -0.2) is 24.5 Å². The first-order chi connectivity index (χ1) is 5.77. The Balaban J connectivity index is 1.83. The van der Waals surface area contributed by atoms with E-state index in [1.54, 1.807) is 0 Å². The zero-order valence-corrected chi connectivity index (χ0v) is 8.21. The molecule has 1 aliphatic heterocycles. The van der Waals surface area contributed by atoms with E-state index in [0.29, 0.717) is 0 Å². The third-order valence-electron chi connectivity index (χ3n) is 3.66. The minimum absolute atomic E-state index is 0.765. The van der Waals surface area contributed by atoms with Crippen LogP contribution < -0.4 is 0 Å². The maximum Gasteiger partial charge on any atom is 0.0163 e. The number of allylic oxidation sites excluding steroid dienone is 1. The fourth-order valence-corrected chi connectivity index (χ4v) is 2.51. The van der Waals surface area contributed by atoms with Crippen LogP contribution in [0.3, 0.4) is 0 Å². The number of hydrogen-bond acceptors (Lipinski definition) is 1. The molecule has 2 atom stereocenters. The van der Waals surface area contributed by atoms with Crippen LogP contribution >= 0.6 is 0 Å². The maximum absolute atomic E-state index is 2.59. The van der Waals surface area contributed by atoms with Crippen LogP contribution in [-0.2, 0) is 0 Å². The lowest BCUT2D eigenvalue weighted by atomic mass is 10.0. The zero-order valence-electron chi connectivity index (χ0n) is 8.21. The van der Waals surface area contributed by atoms with Crippen LogP contribution in [0.15, 0.2) is 12.2 Å². The van der Waals surface area contributed by atoms with Crippen LogP contribution in [0.5, 0.6) is 0 Å². The zero-order chi connectivity index (χ0) is 8.60. The Morgan fingerprint density at radius 1 is 1.58 bits per heavy atom. The van der Waals surface area contributed by atoms with E-state index in [2.05, 4.69) is 30.9 Å². The van der Waals surface area contributed by atoms with Gasteiger partial charge in [-0.2, -0.15) is 0 Å². The van der Waals surface area contributed by atoms with E-state index in [9.17, 15) is 0 Å². The smallest absolute Gasteiger partial charge is 0.0163 e. The third kappa shape index (κ3) is 1.31. The average molecular weight is 165 g/mol. The summed E-state index contributed by atoms with van der Waals surface area (Å²) in [5.41, 5.74) is 0.765. The predicted octanol–water partition coefficient (Wildman–Crippen LogP) is 2.29. The van der Waals surface area contributed by atoms with Gasteiger partial charge in [0.25, 0.3) is 0 Å². The van der Waals surface area contributed by atoms with Gasteiger partial charge in [-0.3, -0.25) is 4.90 Å². The van der Waals surface area contributed by atoms with Crippen molar-refractivity contribution in [3.63, 3.8) is 0 Å². The van der Waals surface area contributed by atoms with Crippen molar-refractivity contribution in [3.8, 4) is 0 Å². The molecule has 2 unspecified atom stereocenters. The summed E-state index contributed by atoms with van der Waals surface area (Å²) in [4.78, 5) is 2.59. The molecular formula is C11H19N. The van der Waals surface area contributed by atoms with Crippen molar-refractivity contribution in [3.05, 3.63) is 12.2 Å². The number of likely N-dealkylation sites (tertiary alicyclic amines) is 1. The van der Waals surface area contributed by atoms with E-state index in [1.165, 1.54) is 32.5 Å². The van der Waals surface area contributed by atoms with Crippen molar-refractivity contribution in [1.82, 2.24) is 4.90 Å². The molecule has 2 fully saturated rings. The summed E-state index contributed by atoms with van der Waals surface area (Å²) in [7, 11) is 0. The maximum atomic E-state index is 2.59. The lowest BCUT2D eigenvalue weighted by Crippen LogP contribution is -2.21. The normalized spacial score (nSPS) is 41.7. The second kappa shape index (κ2) is 2.88. The molecule has 0 aromatic carbocycles. The number of nitrogens with zero attached hydrogens (tertiary/aromatic N) is 1. The van der Waals surface area contributed by atoms with E-state index in [1.807, 2.05) is 0 Å². The van der Waals surface area contributed by atoms with Gasteiger partial charge in [0, 0.05) is 13.1 Å². The van der Waals surface area contributed by atoms with Crippen molar-refractivity contribution in [2.24, 2.45) is 11.3 Å². The summed E-state index contributed by atoms with van der Waals surface area (Å²) < 4.78 is 0. The summed E-state index contributed by atoms with van der Waals surface area (Å²) in [5, 5.41) is 0. The largest absolute Gasteiger partial charge is 0.299 e. The van der Waals surface area contributed by atoms with Crippen molar-refractivity contribution in [2.45, 2.75) is 26.7 Å². The highest BCUT2D eigenvalue weighted by atomic mass is 15.2. The number of rotatable bonds is 2. The SMILES string of the molecule is CC=CCN1CCC2(CC2C)C1. The van der Waals surface area contributed by atoms with Crippen molar-refractivity contribution < 1.29 is 0 Å². The first-order valence-corrected chi connectivity index (χ1v) is 5.10.